The van der Waals surface area contributed by atoms with Crippen LogP contribution in [0.5, 0.6) is 0 Å². The fourth-order valence-corrected chi connectivity index (χ4v) is 4.13. The Balaban J connectivity index is 1.47. The molecular formula is C20H25N3O2. The molecule has 1 aromatic carbocycles. The van der Waals surface area contributed by atoms with Crippen molar-refractivity contribution in [3.63, 3.8) is 0 Å². The van der Waals surface area contributed by atoms with Crippen molar-refractivity contribution in [2.24, 2.45) is 0 Å². The number of nitrogens with one attached hydrogen (secondary N) is 1. The lowest BCUT2D eigenvalue weighted by Crippen LogP contribution is -2.40. The number of amides is 1. The number of carbonyl (C=O) groups is 1. The molecule has 1 N–H and O–H groups in total. The van der Waals surface area contributed by atoms with Crippen LogP contribution in [0.25, 0.3) is 10.8 Å². The van der Waals surface area contributed by atoms with Crippen molar-refractivity contribution in [2.45, 2.75) is 38.6 Å². The molecule has 1 fully saturated rings. The number of aromatic amines is 1. The van der Waals surface area contributed by atoms with E-state index in [1.54, 1.807) is 0 Å². The lowest BCUT2D eigenvalue weighted by Gasteiger charge is -2.31. The minimum absolute atomic E-state index is 0.0584. The van der Waals surface area contributed by atoms with E-state index < -0.39 is 0 Å². The van der Waals surface area contributed by atoms with Gasteiger partial charge in [-0.1, -0.05) is 24.6 Å². The van der Waals surface area contributed by atoms with Crippen molar-refractivity contribution in [3.8, 4) is 0 Å². The number of nitrogens with zero attached hydrogens (tertiary/aromatic N) is 2. The molecule has 25 heavy (non-hydrogen) atoms. The molecule has 0 bridgehead atoms. The molecule has 1 aromatic heterocycles. The average molecular weight is 339 g/mol. The molecule has 0 unspecified atom stereocenters. The summed E-state index contributed by atoms with van der Waals surface area (Å²) in [7, 11) is 0. The second-order valence-corrected chi connectivity index (χ2v) is 7.17. The van der Waals surface area contributed by atoms with Crippen LogP contribution in [0, 0.1) is 0 Å². The lowest BCUT2D eigenvalue weighted by atomic mass is 9.98. The SMILES string of the molecule is O=C(CCN1CCCCC1)N1CCc2c([nH]c(=O)c3ccccc23)C1. The van der Waals surface area contributed by atoms with E-state index in [9.17, 15) is 9.59 Å². The highest BCUT2D eigenvalue weighted by Gasteiger charge is 2.24. The second-order valence-electron chi connectivity index (χ2n) is 7.17. The third kappa shape index (κ3) is 3.33. The van der Waals surface area contributed by atoms with E-state index >= 15 is 0 Å². The maximum absolute atomic E-state index is 12.6. The molecule has 5 heteroatoms. The largest absolute Gasteiger partial charge is 0.336 e. The van der Waals surface area contributed by atoms with Gasteiger partial charge in [-0.15, -0.1) is 0 Å². The highest BCUT2D eigenvalue weighted by Crippen LogP contribution is 2.24. The van der Waals surface area contributed by atoms with E-state index in [2.05, 4.69) is 9.88 Å². The predicted octanol–water partition coefficient (Wildman–Crippen LogP) is 2.29. The molecule has 0 aliphatic carbocycles. The van der Waals surface area contributed by atoms with E-state index in [1.165, 1.54) is 24.8 Å². The fraction of sp³-hybridized carbons (Fsp3) is 0.500. The number of H-pyrrole nitrogens is 1. The summed E-state index contributed by atoms with van der Waals surface area (Å²) in [5, 5.41) is 1.77. The van der Waals surface area contributed by atoms with Crippen LogP contribution < -0.4 is 5.56 Å². The Kier molecular flexibility index (Phi) is 4.57. The maximum atomic E-state index is 12.6. The molecule has 4 rings (SSSR count). The quantitative estimate of drug-likeness (QED) is 0.933. The first-order valence-electron chi connectivity index (χ1n) is 9.35. The zero-order chi connectivity index (χ0) is 17.2. The van der Waals surface area contributed by atoms with E-state index in [0.717, 1.165) is 49.1 Å². The Morgan fingerprint density at radius 2 is 1.80 bits per heavy atom. The van der Waals surface area contributed by atoms with Crippen molar-refractivity contribution in [3.05, 3.63) is 45.9 Å². The number of aromatic nitrogens is 1. The summed E-state index contributed by atoms with van der Waals surface area (Å²) in [6, 6.07) is 7.74. The lowest BCUT2D eigenvalue weighted by molar-refractivity contribution is -0.132. The molecule has 0 spiro atoms. The van der Waals surface area contributed by atoms with Crippen LogP contribution >= 0.6 is 0 Å². The van der Waals surface area contributed by atoms with Crippen LogP contribution in [0.2, 0.25) is 0 Å². The molecule has 0 saturated carbocycles. The molecule has 1 saturated heterocycles. The molecule has 1 amide bonds. The van der Waals surface area contributed by atoms with Crippen molar-refractivity contribution in [2.75, 3.05) is 26.2 Å². The second kappa shape index (κ2) is 7.00. The van der Waals surface area contributed by atoms with Crippen LogP contribution in [0.3, 0.4) is 0 Å². The molecule has 3 heterocycles. The predicted molar refractivity (Wildman–Crippen MR) is 98.6 cm³/mol. The minimum Gasteiger partial charge on any atom is -0.336 e. The van der Waals surface area contributed by atoms with E-state index in [0.29, 0.717) is 13.0 Å². The summed E-state index contributed by atoms with van der Waals surface area (Å²) in [6.45, 7) is 4.36. The topological polar surface area (TPSA) is 56.4 Å². The van der Waals surface area contributed by atoms with Gasteiger partial charge >= 0.3 is 0 Å². The van der Waals surface area contributed by atoms with Gasteiger partial charge in [0.25, 0.3) is 5.56 Å². The van der Waals surface area contributed by atoms with Gasteiger partial charge in [-0.2, -0.15) is 0 Å². The number of benzene rings is 1. The summed E-state index contributed by atoms with van der Waals surface area (Å²) >= 11 is 0. The van der Waals surface area contributed by atoms with Gasteiger partial charge in [0, 0.05) is 30.6 Å². The number of hydrogen-bond acceptors (Lipinski definition) is 3. The highest BCUT2D eigenvalue weighted by molar-refractivity contribution is 5.86. The summed E-state index contributed by atoms with van der Waals surface area (Å²) in [5.41, 5.74) is 2.04. The van der Waals surface area contributed by atoms with Gasteiger partial charge in [-0.25, -0.2) is 0 Å². The van der Waals surface area contributed by atoms with Crippen LogP contribution in [-0.2, 0) is 17.8 Å². The third-order valence-electron chi connectivity index (χ3n) is 5.55. The Morgan fingerprint density at radius 3 is 2.60 bits per heavy atom. The van der Waals surface area contributed by atoms with E-state index in [-0.39, 0.29) is 11.5 Å². The molecule has 2 aliphatic heterocycles. The van der Waals surface area contributed by atoms with E-state index in [4.69, 9.17) is 0 Å². The average Bonchev–Trinajstić information content (AvgIpc) is 2.67. The highest BCUT2D eigenvalue weighted by atomic mass is 16.2. The summed E-state index contributed by atoms with van der Waals surface area (Å²) in [4.78, 5) is 32.2. The summed E-state index contributed by atoms with van der Waals surface area (Å²) in [6.07, 6.45) is 5.20. The Bertz CT molecular complexity index is 836. The molecule has 0 atom stereocenters. The monoisotopic (exact) mass is 339 g/mol. The first-order chi connectivity index (χ1) is 12.2. The molecule has 5 nitrogen and oxygen atoms in total. The van der Waals surface area contributed by atoms with Gasteiger partial charge < -0.3 is 14.8 Å². The number of likely N-dealkylation sites (tertiary alicyclic amines) is 1. The Labute approximate surface area is 147 Å². The molecule has 132 valence electrons. The number of pyridine rings is 1. The molecule has 2 aromatic rings. The summed E-state index contributed by atoms with van der Waals surface area (Å²) in [5.74, 6) is 0.199. The maximum Gasteiger partial charge on any atom is 0.256 e. The standard InChI is InChI=1S/C20H25N3O2/c24-19(9-12-22-10-4-1-5-11-22)23-13-8-16-15-6-2-3-7-17(15)20(25)21-18(16)14-23/h2-3,6-7H,1,4-5,8-14H2,(H,21,25). The fourth-order valence-electron chi connectivity index (χ4n) is 4.13. The minimum atomic E-state index is -0.0584. The zero-order valence-electron chi connectivity index (χ0n) is 14.6. The van der Waals surface area contributed by atoms with Crippen molar-refractivity contribution in [1.29, 1.82) is 0 Å². The van der Waals surface area contributed by atoms with Gasteiger partial charge in [0.15, 0.2) is 0 Å². The van der Waals surface area contributed by atoms with Crippen LogP contribution in [0.15, 0.2) is 29.1 Å². The van der Waals surface area contributed by atoms with Gasteiger partial charge in [-0.05, 0) is 49.4 Å². The van der Waals surface area contributed by atoms with Gasteiger partial charge in [-0.3, -0.25) is 9.59 Å². The smallest absolute Gasteiger partial charge is 0.256 e. The van der Waals surface area contributed by atoms with Crippen molar-refractivity contribution in [1.82, 2.24) is 14.8 Å². The van der Waals surface area contributed by atoms with Crippen LogP contribution in [0.1, 0.15) is 36.9 Å². The van der Waals surface area contributed by atoms with Gasteiger partial charge in [0.05, 0.1) is 6.54 Å². The number of carbonyl (C=O) groups excluding carboxylic acids is 1. The Morgan fingerprint density at radius 1 is 1.04 bits per heavy atom. The Hall–Kier alpha value is -2.14. The van der Waals surface area contributed by atoms with Gasteiger partial charge in [0.1, 0.15) is 0 Å². The summed E-state index contributed by atoms with van der Waals surface area (Å²) < 4.78 is 0. The molecule has 2 aliphatic rings. The normalized spacial score (nSPS) is 18.3. The number of piperidine rings is 1. The number of fused-ring (bicyclic) bond motifs is 3. The number of hydrogen-bond donors (Lipinski definition) is 1. The zero-order valence-corrected chi connectivity index (χ0v) is 14.6. The van der Waals surface area contributed by atoms with Crippen molar-refractivity contribution >= 4 is 16.7 Å². The van der Waals surface area contributed by atoms with Crippen LogP contribution in [0.4, 0.5) is 0 Å². The van der Waals surface area contributed by atoms with E-state index in [1.807, 2.05) is 29.2 Å². The third-order valence-corrected chi connectivity index (χ3v) is 5.55. The first kappa shape index (κ1) is 16.3. The van der Waals surface area contributed by atoms with Crippen LogP contribution in [-0.4, -0.2) is 46.9 Å². The van der Waals surface area contributed by atoms with Gasteiger partial charge in [0.2, 0.25) is 5.91 Å². The number of rotatable bonds is 3. The molecule has 0 radical (unpaired) electrons. The van der Waals surface area contributed by atoms with Crippen molar-refractivity contribution < 1.29 is 4.79 Å². The first-order valence-corrected chi connectivity index (χ1v) is 9.35. The molecular weight excluding hydrogens is 314 g/mol.